The number of hydrogen-bond donors (Lipinski definition) is 0. The molecule has 3 rings (SSSR count). The fourth-order valence-corrected chi connectivity index (χ4v) is 3.82. The fraction of sp³-hybridized carbons (Fsp3) is 0.562. The van der Waals surface area contributed by atoms with Gasteiger partial charge in [-0.25, -0.2) is 4.98 Å². The molecule has 0 bridgehead atoms. The van der Waals surface area contributed by atoms with Crippen molar-refractivity contribution in [2.24, 2.45) is 0 Å². The molecule has 0 aliphatic carbocycles. The first kappa shape index (κ1) is 15.2. The molecule has 118 valence electrons. The van der Waals surface area contributed by atoms with E-state index in [1.54, 1.807) is 11.3 Å². The number of carbonyl (C=O) groups excluding carboxylic acids is 1. The van der Waals surface area contributed by atoms with Gasteiger partial charge in [0.2, 0.25) is 0 Å². The van der Waals surface area contributed by atoms with Gasteiger partial charge in [-0.3, -0.25) is 9.48 Å². The first-order chi connectivity index (χ1) is 10.7. The normalized spacial score (nSPS) is 18.6. The lowest BCUT2D eigenvalue weighted by Crippen LogP contribution is -2.39. The van der Waals surface area contributed by atoms with Gasteiger partial charge in [0.25, 0.3) is 5.91 Å². The summed E-state index contributed by atoms with van der Waals surface area (Å²) in [5.41, 5.74) is 0.560. The van der Waals surface area contributed by atoms with Crippen LogP contribution in [0.5, 0.6) is 0 Å². The minimum Gasteiger partial charge on any atom is -0.337 e. The highest BCUT2D eigenvalue weighted by Gasteiger charge is 2.28. The average Bonchev–Trinajstić information content (AvgIpc) is 3.16. The van der Waals surface area contributed by atoms with Gasteiger partial charge in [0.1, 0.15) is 5.69 Å². The van der Waals surface area contributed by atoms with E-state index < -0.39 is 0 Å². The number of thiazole rings is 1. The van der Waals surface area contributed by atoms with E-state index >= 15 is 0 Å². The second-order valence-electron chi connectivity index (χ2n) is 5.86. The molecule has 1 amide bonds. The van der Waals surface area contributed by atoms with Gasteiger partial charge in [-0.2, -0.15) is 5.10 Å². The molecular formula is C16H22N4OS. The third kappa shape index (κ3) is 3.21. The SMILES string of the molecule is CCCn1ccc(C(=O)N2CCCC(c3ncc(C)s3)C2)n1. The number of carbonyl (C=O) groups is 1. The Morgan fingerprint density at radius 1 is 1.50 bits per heavy atom. The van der Waals surface area contributed by atoms with Crippen LogP contribution in [-0.2, 0) is 6.54 Å². The Morgan fingerprint density at radius 2 is 2.36 bits per heavy atom. The summed E-state index contributed by atoms with van der Waals surface area (Å²) in [6, 6.07) is 1.83. The first-order valence-electron chi connectivity index (χ1n) is 7.92. The number of amides is 1. The minimum atomic E-state index is 0.0489. The largest absolute Gasteiger partial charge is 0.337 e. The second-order valence-corrected chi connectivity index (χ2v) is 7.13. The number of hydrogen-bond acceptors (Lipinski definition) is 4. The molecule has 3 heterocycles. The molecule has 0 N–H and O–H groups in total. The second kappa shape index (κ2) is 6.60. The predicted molar refractivity (Wildman–Crippen MR) is 87.2 cm³/mol. The summed E-state index contributed by atoms with van der Waals surface area (Å²) in [5.74, 6) is 0.418. The predicted octanol–water partition coefficient (Wildman–Crippen LogP) is 3.08. The van der Waals surface area contributed by atoms with E-state index in [-0.39, 0.29) is 5.91 Å². The minimum absolute atomic E-state index is 0.0489. The third-order valence-corrected chi connectivity index (χ3v) is 5.08. The summed E-state index contributed by atoms with van der Waals surface area (Å²) in [6.45, 7) is 6.61. The van der Waals surface area contributed by atoms with E-state index in [9.17, 15) is 4.79 Å². The monoisotopic (exact) mass is 318 g/mol. The van der Waals surface area contributed by atoms with Gasteiger partial charge in [0.15, 0.2) is 0 Å². The average molecular weight is 318 g/mol. The maximum atomic E-state index is 12.6. The van der Waals surface area contributed by atoms with Crippen molar-refractivity contribution >= 4 is 17.2 Å². The number of likely N-dealkylation sites (tertiary alicyclic amines) is 1. The molecule has 1 atom stereocenters. The van der Waals surface area contributed by atoms with Crippen molar-refractivity contribution < 1.29 is 4.79 Å². The van der Waals surface area contributed by atoms with Crippen LogP contribution in [0.1, 0.15) is 52.5 Å². The van der Waals surface area contributed by atoms with Crippen molar-refractivity contribution in [3.63, 3.8) is 0 Å². The molecular weight excluding hydrogens is 296 g/mol. The van der Waals surface area contributed by atoms with Gasteiger partial charge in [0, 0.05) is 42.8 Å². The smallest absolute Gasteiger partial charge is 0.274 e. The molecule has 2 aromatic heterocycles. The number of rotatable bonds is 4. The van der Waals surface area contributed by atoms with Gasteiger partial charge in [-0.1, -0.05) is 6.92 Å². The summed E-state index contributed by atoms with van der Waals surface area (Å²) >= 11 is 1.75. The van der Waals surface area contributed by atoms with Crippen molar-refractivity contribution in [1.29, 1.82) is 0 Å². The Labute approximate surface area is 135 Å². The Kier molecular flexibility index (Phi) is 4.57. The van der Waals surface area contributed by atoms with Crippen LogP contribution in [0.15, 0.2) is 18.5 Å². The summed E-state index contributed by atoms with van der Waals surface area (Å²) in [4.78, 5) is 20.3. The molecule has 1 aliphatic rings. The zero-order valence-electron chi connectivity index (χ0n) is 13.2. The highest BCUT2D eigenvalue weighted by molar-refractivity contribution is 7.11. The summed E-state index contributed by atoms with van der Waals surface area (Å²) < 4.78 is 1.85. The lowest BCUT2D eigenvalue weighted by molar-refractivity contribution is 0.0700. The third-order valence-electron chi connectivity index (χ3n) is 4.01. The van der Waals surface area contributed by atoms with E-state index in [0.717, 1.165) is 43.9 Å². The summed E-state index contributed by atoms with van der Waals surface area (Å²) in [6.07, 6.45) is 6.98. The maximum absolute atomic E-state index is 12.6. The quantitative estimate of drug-likeness (QED) is 0.870. The van der Waals surface area contributed by atoms with Crippen LogP contribution >= 0.6 is 11.3 Å². The maximum Gasteiger partial charge on any atom is 0.274 e. The van der Waals surface area contributed by atoms with Crippen LogP contribution in [0.25, 0.3) is 0 Å². The van der Waals surface area contributed by atoms with Crippen molar-refractivity contribution in [2.75, 3.05) is 13.1 Å². The first-order valence-corrected chi connectivity index (χ1v) is 8.74. The van der Waals surface area contributed by atoms with Gasteiger partial charge in [0.05, 0.1) is 5.01 Å². The zero-order valence-corrected chi connectivity index (χ0v) is 14.0. The van der Waals surface area contributed by atoms with Crippen LogP contribution in [0, 0.1) is 6.92 Å². The molecule has 0 radical (unpaired) electrons. The number of nitrogens with zero attached hydrogens (tertiary/aromatic N) is 4. The van der Waals surface area contributed by atoms with E-state index in [1.165, 1.54) is 4.88 Å². The van der Waals surface area contributed by atoms with Crippen LogP contribution in [-0.4, -0.2) is 38.7 Å². The van der Waals surface area contributed by atoms with Gasteiger partial charge in [-0.15, -0.1) is 11.3 Å². The van der Waals surface area contributed by atoms with E-state index in [1.807, 2.05) is 28.0 Å². The van der Waals surface area contributed by atoms with Gasteiger partial charge >= 0.3 is 0 Å². The Hall–Kier alpha value is -1.69. The molecule has 0 aromatic carbocycles. The molecule has 1 aliphatic heterocycles. The Balaban J connectivity index is 1.69. The number of piperidine rings is 1. The summed E-state index contributed by atoms with van der Waals surface area (Å²) in [5, 5.41) is 5.55. The molecule has 6 heteroatoms. The number of aromatic nitrogens is 3. The lowest BCUT2D eigenvalue weighted by Gasteiger charge is -2.31. The summed E-state index contributed by atoms with van der Waals surface area (Å²) in [7, 11) is 0. The molecule has 1 unspecified atom stereocenters. The van der Waals surface area contributed by atoms with Crippen LogP contribution in [0.2, 0.25) is 0 Å². The molecule has 1 saturated heterocycles. The molecule has 5 nitrogen and oxygen atoms in total. The van der Waals surface area contributed by atoms with Gasteiger partial charge < -0.3 is 4.90 Å². The Bertz CT molecular complexity index is 648. The standard InChI is InChI=1S/C16H22N4OS/c1-3-7-20-9-6-14(18-20)16(21)19-8-4-5-13(11-19)15-17-10-12(2)22-15/h6,9-10,13H,3-5,7-8,11H2,1-2H3. The van der Waals surface area contributed by atoms with Crippen LogP contribution in [0.4, 0.5) is 0 Å². The van der Waals surface area contributed by atoms with Crippen LogP contribution in [0.3, 0.4) is 0 Å². The van der Waals surface area contributed by atoms with Crippen molar-refractivity contribution in [2.45, 2.75) is 45.6 Å². The van der Waals surface area contributed by atoms with E-state index in [4.69, 9.17) is 0 Å². The topological polar surface area (TPSA) is 51.0 Å². The van der Waals surface area contributed by atoms with Crippen molar-refractivity contribution in [1.82, 2.24) is 19.7 Å². The molecule has 1 fully saturated rings. The molecule has 22 heavy (non-hydrogen) atoms. The molecule has 0 spiro atoms. The fourth-order valence-electron chi connectivity index (χ4n) is 2.92. The highest BCUT2D eigenvalue weighted by Crippen LogP contribution is 2.30. The Morgan fingerprint density at radius 3 is 3.09 bits per heavy atom. The molecule has 2 aromatic rings. The van der Waals surface area contributed by atoms with Crippen molar-refractivity contribution in [3.05, 3.63) is 34.0 Å². The number of aryl methyl sites for hydroxylation is 2. The van der Waals surface area contributed by atoms with E-state index in [2.05, 4.69) is 23.9 Å². The van der Waals surface area contributed by atoms with Crippen molar-refractivity contribution in [3.8, 4) is 0 Å². The van der Waals surface area contributed by atoms with Crippen LogP contribution < -0.4 is 0 Å². The van der Waals surface area contributed by atoms with Gasteiger partial charge in [-0.05, 0) is 32.3 Å². The zero-order chi connectivity index (χ0) is 15.5. The highest BCUT2D eigenvalue weighted by atomic mass is 32.1. The van der Waals surface area contributed by atoms with E-state index in [0.29, 0.717) is 11.6 Å². The molecule has 0 saturated carbocycles. The lowest BCUT2D eigenvalue weighted by atomic mass is 9.98.